The molecule has 100 valence electrons. The van der Waals surface area contributed by atoms with Crippen molar-refractivity contribution in [1.82, 2.24) is 4.98 Å². The van der Waals surface area contributed by atoms with Crippen molar-refractivity contribution in [3.05, 3.63) is 29.6 Å². The van der Waals surface area contributed by atoms with E-state index in [2.05, 4.69) is 4.98 Å². The summed E-state index contributed by atoms with van der Waals surface area (Å²) in [5, 5.41) is 0. The molecule has 0 saturated heterocycles. The molecule has 1 heterocycles. The molecule has 0 atom stereocenters. The number of carbonyl (C=O) groups is 1. The van der Waals surface area contributed by atoms with Gasteiger partial charge >= 0.3 is 0 Å². The Bertz CT molecular complexity index is 509. The third-order valence-corrected chi connectivity index (χ3v) is 4.67. The fraction of sp³-hybridized carbons (Fsp3) is 0.538. The largest absolute Gasteiger partial charge is 0.294 e. The monoisotopic (exact) mass is 269 g/mol. The molecule has 1 aromatic heterocycles. The quantitative estimate of drug-likeness (QED) is 0.711. The zero-order chi connectivity index (χ0) is 13.6. The van der Waals surface area contributed by atoms with Crippen molar-refractivity contribution >= 4 is 15.6 Å². The van der Waals surface area contributed by atoms with E-state index in [0.29, 0.717) is 12.0 Å². The number of hydrogen-bond donors (Lipinski definition) is 0. The lowest BCUT2D eigenvalue weighted by Gasteiger charge is -2.06. The maximum Gasteiger partial charge on any atom is 0.163 e. The highest BCUT2D eigenvalue weighted by molar-refractivity contribution is 7.91. The smallest absolute Gasteiger partial charge is 0.163 e. The first-order valence-electron chi connectivity index (χ1n) is 6.16. The summed E-state index contributed by atoms with van der Waals surface area (Å²) in [5.74, 6) is 0.221. The van der Waals surface area contributed by atoms with E-state index in [4.69, 9.17) is 0 Å². The predicted molar refractivity (Wildman–Crippen MR) is 71.5 cm³/mol. The minimum Gasteiger partial charge on any atom is -0.294 e. The molecule has 0 fully saturated rings. The van der Waals surface area contributed by atoms with Crippen molar-refractivity contribution in [2.75, 3.05) is 11.5 Å². The molecule has 4 nitrogen and oxygen atoms in total. The molecule has 1 rings (SSSR count). The number of aryl methyl sites for hydroxylation is 1. The Balaban J connectivity index is 2.61. The van der Waals surface area contributed by atoms with Crippen LogP contribution in [0.15, 0.2) is 18.5 Å². The molecule has 1 aromatic rings. The molecular formula is C13H19NO3S. The maximum atomic E-state index is 12.0. The average Bonchev–Trinajstić information content (AvgIpc) is 2.38. The summed E-state index contributed by atoms with van der Waals surface area (Å²) >= 11 is 0. The minimum atomic E-state index is -2.98. The van der Waals surface area contributed by atoms with E-state index in [0.717, 1.165) is 12.0 Å². The Morgan fingerprint density at radius 2 is 2.06 bits per heavy atom. The number of Topliss-reactive ketones (excluding diaryl/α,β-unsaturated/α-hetero) is 1. The fourth-order valence-electron chi connectivity index (χ4n) is 1.71. The number of aromatic nitrogens is 1. The van der Waals surface area contributed by atoms with Crippen LogP contribution in [0.3, 0.4) is 0 Å². The summed E-state index contributed by atoms with van der Waals surface area (Å²) in [6.45, 7) is 3.59. The Labute approximate surface area is 108 Å². The van der Waals surface area contributed by atoms with E-state index in [9.17, 15) is 13.2 Å². The van der Waals surface area contributed by atoms with Gasteiger partial charge in [-0.1, -0.05) is 13.8 Å². The maximum absolute atomic E-state index is 12.0. The molecule has 0 N–H and O–H groups in total. The Morgan fingerprint density at radius 3 is 2.67 bits per heavy atom. The SMILES string of the molecule is CCc1cnccc1C(=O)CCCS(=O)(=O)CC. The van der Waals surface area contributed by atoms with Crippen LogP contribution in [0.25, 0.3) is 0 Å². The van der Waals surface area contributed by atoms with Crippen molar-refractivity contribution in [3.63, 3.8) is 0 Å². The molecule has 0 aromatic carbocycles. The van der Waals surface area contributed by atoms with Crippen molar-refractivity contribution < 1.29 is 13.2 Å². The van der Waals surface area contributed by atoms with Crippen LogP contribution in [0.1, 0.15) is 42.6 Å². The fourth-order valence-corrected chi connectivity index (χ4v) is 2.59. The summed E-state index contributed by atoms with van der Waals surface area (Å²) in [5.41, 5.74) is 1.59. The van der Waals surface area contributed by atoms with Gasteiger partial charge in [-0.2, -0.15) is 0 Å². The second-order valence-electron chi connectivity index (χ2n) is 4.15. The van der Waals surface area contributed by atoms with Crippen molar-refractivity contribution in [2.24, 2.45) is 0 Å². The molecule has 0 radical (unpaired) electrons. The lowest BCUT2D eigenvalue weighted by molar-refractivity contribution is 0.0981. The van der Waals surface area contributed by atoms with Crippen LogP contribution in [0, 0.1) is 0 Å². The van der Waals surface area contributed by atoms with Crippen LogP contribution in [0.5, 0.6) is 0 Å². The van der Waals surface area contributed by atoms with Crippen molar-refractivity contribution in [1.29, 1.82) is 0 Å². The second kappa shape index (κ2) is 6.64. The van der Waals surface area contributed by atoms with Crippen LogP contribution in [-0.2, 0) is 16.3 Å². The first-order valence-corrected chi connectivity index (χ1v) is 7.98. The molecular weight excluding hydrogens is 250 g/mol. The highest BCUT2D eigenvalue weighted by atomic mass is 32.2. The van der Waals surface area contributed by atoms with Gasteiger partial charge in [0.25, 0.3) is 0 Å². The van der Waals surface area contributed by atoms with Gasteiger partial charge < -0.3 is 0 Å². The number of ketones is 1. The van der Waals surface area contributed by atoms with Gasteiger partial charge in [-0.05, 0) is 24.5 Å². The van der Waals surface area contributed by atoms with Gasteiger partial charge in [-0.3, -0.25) is 9.78 Å². The lowest BCUT2D eigenvalue weighted by Crippen LogP contribution is -2.11. The number of pyridine rings is 1. The van der Waals surface area contributed by atoms with Gasteiger partial charge in [-0.25, -0.2) is 8.42 Å². The molecule has 0 saturated carbocycles. The third-order valence-electron chi connectivity index (χ3n) is 2.88. The summed E-state index contributed by atoms with van der Waals surface area (Å²) < 4.78 is 22.6. The average molecular weight is 269 g/mol. The number of hydrogen-bond acceptors (Lipinski definition) is 4. The summed E-state index contributed by atoms with van der Waals surface area (Å²) in [6, 6.07) is 1.70. The van der Waals surface area contributed by atoms with Gasteiger partial charge in [0.1, 0.15) is 9.84 Å². The van der Waals surface area contributed by atoms with E-state index in [1.54, 1.807) is 25.4 Å². The van der Waals surface area contributed by atoms with Crippen LogP contribution in [0.2, 0.25) is 0 Å². The van der Waals surface area contributed by atoms with Gasteiger partial charge in [0.2, 0.25) is 0 Å². The number of nitrogens with zero attached hydrogens (tertiary/aromatic N) is 1. The summed E-state index contributed by atoms with van der Waals surface area (Å²) in [4.78, 5) is 16.0. The normalized spacial score (nSPS) is 11.4. The topological polar surface area (TPSA) is 64.1 Å². The molecule has 5 heteroatoms. The van der Waals surface area contributed by atoms with E-state index < -0.39 is 9.84 Å². The predicted octanol–water partition coefficient (Wildman–Crippen LogP) is 2.04. The van der Waals surface area contributed by atoms with E-state index >= 15 is 0 Å². The highest BCUT2D eigenvalue weighted by Crippen LogP contribution is 2.12. The zero-order valence-electron chi connectivity index (χ0n) is 10.8. The Hall–Kier alpha value is -1.23. The number of sulfone groups is 1. The molecule has 0 amide bonds. The first kappa shape index (κ1) is 14.8. The highest BCUT2D eigenvalue weighted by Gasteiger charge is 2.12. The van der Waals surface area contributed by atoms with E-state index in [1.165, 1.54) is 0 Å². The Kier molecular flexibility index (Phi) is 5.47. The minimum absolute atomic E-state index is 0.000512. The van der Waals surface area contributed by atoms with Crippen molar-refractivity contribution in [3.8, 4) is 0 Å². The lowest BCUT2D eigenvalue weighted by atomic mass is 10.0. The van der Waals surface area contributed by atoms with Gasteiger partial charge in [0, 0.05) is 30.1 Å². The van der Waals surface area contributed by atoms with Gasteiger partial charge in [0.15, 0.2) is 5.78 Å². The molecule has 0 aliphatic carbocycles. The van der Waals surface area contributed by atoms with Gasteiger partial charge in [-0.15, -0.1) is 0 Å². The standard InChI is InChI=1S/C13H19NO3S/c1-3-11-10-14-8-7-12(11)13(15)6-5-9-18(16,17)4-2/h7-8,10H,3-6,9H2,1-2H3. The van der Waals surface area contributed by atoms with Crippen LogP contribution >= 0.6 is 0 Å². The summed E-state index contributed by atoms with van der Waals surface area (Å²) in [7, 11) is -2.98. The molecule has 0 spiro atoms. The van der Waals surface area contributed by atoms with Crippen LogP contribution in [0.4, 0.5) is 0 Å². The molecule has 0 aliphatic rings. The van der Waals surface area contributed by atoms with E-state index in [-0.39, 0.29) is 23.7 Å². The van der Waals surface area contributed by atoms with Gasteiger partial charge in [0.05, 0.1) is 5.75 Å². The summed E-state index contributed by atoms with van der Waals surface area (Å²) in [6.07, 6.45) is 4.70. The molecule has 0 unspecified atom stereocenters. The molecule has 18 heavy (non-hydrogen) atoms. The molecule has 0 aliphatic heterocycles. The number of carbonyl (C=O) groups excluding carboxylic acids is 1. The van der Waals surface area contributed by atoms with Crippen LogP contribution < -0.4 is 0 Å². The Morgan fingerprint density at radius 1 is 1.33 bits per heavy atom. The van der Waals surface area contributed by atoms with Crippen LogP contribution in [-0.4, -0.2) is 30.7 Å². The second-order valence-corrected chi connectivity index (χ2v) is 6.62. The van der Waals surface area contributed by atoms with Crippen molar-refractivity contribution in [2.45, 2.75) is 33.1 Å². The third kappa shape index (κ3) is 4.22. The number of rotatable bonds is 7. The first-order chi connectivity index (χ1) is 8.50. The molecule has 0 bridgehead atoms. The zero-order valence-corrected chi connectivity index (χ0v) is 11.7. The van der Waals surface area contributed by atoms with E-state index in [1.807, 2.05) is 6.92 Å².